The fourth-order valence-corrected chi connectivity index (χ4v) is 3.31. The fourth-order valence-electron chi connectivity index (χ4n) is 2.19. The van der Waals surface area contributed by atoms with Crippen molar-refractivity contribution in [1.82, 2.24) is 4.31 Å². The van der Waals surface area contributed by atoms with Gasteiger partial charge in [0.25, 0.3) is 0 Å². The summed E-state index contributed by atoms with van der Waals surface area (Å²) in [5, 5.41) is 0.127. The first-order valence-electron chi connectivity index (χ1n) is 7.14. The molecule has 2 aromatic rings. The minimum Gasteiger partial charge on any atom is -0.423 e. The molecule has 2 aromatic carbocycles. The SMILES string of the molecule is Cc1cc(C)cc(OC(=O)c2cc(S(=O)(=O)N(C)C)ccc2Cl)c1. The molecule has 0 fully saturated rings. The molecule has 0 spiro atoms. The van der Waals surface area contributed by atoms with E-state index in [9.17, 15) is 13.2 Å². The second-order valence-corrected chi connectivity index (χ2v) is 8.20. The van der Waals surface area contributed by atoms with Crippen molar-refractivity contribution < 1.29 is 17.9 Å². The van der Waals surface area contributed by atoms with Crippen LogP contribution < -0.4 is 4.74 Å². The minimum absolute atomic E-state index is 0.00116. The standard InChI is InChI=1S/C17H18ClNO4S/c1-11-7-12(2)9-13(8-11)23-17(20)15-10-14(5-6-16(15)18)24(21,22)19(3)4/h5-10H,1-4H3. The molecule has 0 unspecified atom stereocenters. The van der Waals surface area contributed by atoms with Gasteiger partial charge in [-0.05, 0) is 55.3 Å². The average molecular weight is 368 g/mol. The van der Waals surface area contributed by atoms with E-state index in [-0.39, 0.29) is 15.5 Å². The van der Waals surface area contributed by atoms with Crippen molar-refractivity contribution in [2.45, 2.75) is 18.7 Å². The van der Waals surface area contributed by atoms with Crippen LogP contribution in [0.5, 0.6) is 5.75 Å². The molecular weight excluding hydrogens is 350 g/mol. The topological polar surface area (TPSA) is 63.7 Å². The van der Waals surface area contributed by atoms with Crippen molar-refractivity contribution in [2.75, 3.05) is 14.1 Å². The first kappa shape index (κ1) is 18.4. The minimum atomic E-state index is -3.67. The van der Waals surface area contributed by atoms with Crippen LogP contribution in [0.4, 0.5) is 0 Å². The van der Waals surface area contributed by atoms with E-state index >= 15 is 0 Å². The predicted molar refractivity (Wildman–Crippen MR) is 93.2 cm³/mol. The lowest BCUT2D eigenvalue weighted by Crippen LogP contribution is -2.22. The van der Waals surface area contributed by atoms with Gasteiger partial charge in [0.2, 0.25) is 10.0 Å². The average Bonchev–Trinajstić information content (AvgIpc) is 2.45. The van der Waals surface area contributed by atoms with E-state index in [0.717, 1.165) is 15.4 Å². The zero-order valence-electron chi connectivity index (χ0n) is 13.8. The number of carbonyl (C=O) groups is 1. The Morgan fingerprint density at radius 1 is 1.04 bits per heavy atom. The molecular formula is C17H18ClNO4S. The van der Waals surface area contributed by atoms with Crippen molar-refractivity contribution in [2.24, 2.45) is 0 Å². The smallest absolute Gasteiger partial charge is 0.345 e. The lowest BCUT2D eigenvalue weighted by Gasteiger charge is -2.13. The summed E-state index contributed by atoms with van der Waals surface area (Å²) < 4.78 is 30.8. The maximum absolute atomic E-state index is 12.4. The maximum atomic E-state index is 12.4. The van der Waals surface area contributed by atoms with Gasteiger partial charge < -0.3 is 4.74 Å². The van der Waals surface area contributed by atoms with E-state index in [4.69, 9.17) is 16.3 Å². The normalized spacial score (nSPS) is 11.6. The number of halogens is 1. The Morgan fingerprint density at radius 2 is 1.62 bits per heavy atom. The number of benzene rings is 2. The number of ether oxygens (including phenoxy) is 1. The van der Waals surface area contributed by atoms with Crippen molar-refractivity contribution in [3.63, 3.8) is 0 Å². The van der Waals surface area contributed by atoms with E-state index < -0.39 is 16.0 Å². The van der Waals surface area contributed by atoms with E-state index in [1.54, 1.807) is 12.1 Å². The molecule has 5 nitrogen and oxygen atoms in total. The first-order valence-corrected chi connectivity index (χ1v) is 8.95. The van der Waals surface area contributed by atoms with Crippen LogP contribution in [0.25, 0.3) is 0 Å². The Bertz CT molecular complexity index is 871. The van der Waals surface area contributed by atoms with Crippen LogP contribution in [0.2, 0.25) is 5.02 Å². The van der Waals surface area contributed by atoms with Crippen molar-refractivity contribution in [3.8, 4) is 5.75 Å². The third-order valence-corrected chi connectivity index (χ3v) is 5.48. The summed E-state index contributed by atoms with van der Waals surface area (Å²) in [5.74, 6) is -0.324. The monoisotopic (exact) mass is 367 g/mol. The molecule has 0 aliphatic carbocycles. The van der Waals surface area contributed by atoms with Crippen LogP contribution in [0, 0.1) is 13.8 Å². The third-order valence-electron chi connectivity index (χ3n) is 3.34. The molecule has 7 heteroatoms. The van der Waals surface area contributed by atoms with Crippen LogP contribution in [0.3, 0.4) is 0 Å². The van der Waals surface area contributed by atoms with Gasteiger partial charge in [0.1, 0.15) is 5.75 Å². The molecule has 0 heterocycles. The zero-order chi connectivity index (χ0) is 18.1. The second kappa shape index (κ2) is 6.93. The molecule has 2 rings (SSSR count). The Kier molecular flexibility index (Phi) is 5.32. The van der Waals surface area contributed by atoms with E-state index in [0.29, 0.717) is 5.75 Å². The lowest BCUT2D eigenvalue weighted by molar-refractivity contribution is 0.0734. The highest BCUT2D eigenvalue weighted by Gasteiger charge is 2.21. The third kappa shape index (κ3) is 3.95. The molecule has 0 aliphatic rings. The van der Waals surface area contributed by atoms with Gasteiger partial charge in [-0.1, -0.05) is 17.7 Å². The molecule has 0 aromatic heterocycles. The molecule has 0 aliphatic heterocycles. The van der Waals surface area contributed by atoms with Crippen molar-refractivity contribution in [1.29, 1.82) is 0 Å². The summed E-state index contributed by atoms with van der Waals surface area (Å²) in [4.78, 5) is 12.4. The van der Waals surface area contributed by atoms with Gasteiger partial charge in [-0.3, -0.25) is 0 Å². The van der Waals surface area contributed by atoms with Crippen LogP contribution in [-0.2, 0) is 10.0 Å². The second-order valence-electron chi connectivity index (χ2n) is 5.64. The Balaban J connectivity index is 2.39. The number of aryl methyl sites for hydroxylation is 2. The molecule has 0 atom stereocenters. The van der Waals surface area contributed by atoms with Crippen molar-refractivity contribution in [3.05, 3.63) is 58.1 Å². The number of esters is 1. The van der Waals surface area contributed by atoms with Crippen LogP contribution >= 0.6 is 11.6 Å². The van der Waals surface area contributed by atoms with Gasteiger partial charge in [0.15, 0.2) is 0 Å². The quantitative estimate of drug-likeness (QED) is 0.613. The Labute approximate surface area is 146 Å². The van der Waals surface area contributed by atoms with Crippen molar-refractivity contribution >= 4 is 27.6 Å². The van der Waals surface area contributed by atoms with Crippen LogP contribution in [0.1, 0.15) is 21.5 Å². The highest BCUT2D eigenvalue weighted by molar-refractivity contribution is 7.89. The van der Waals surface area contributed by atoms with Crippen LogP contribution in [0.15, 0.2) is 41.3 Å². The summed E-state index contributed by atoms with van der Waals surface area (Å²) in [6.07, 6.45) is 0. The largest absolute Gasteiger partial charge is 0.423 e. The molecule has 0 saturated carbocycles. The molecule has 0 radical (unpaired) electrons. The maximum Gasteiger partial charge on any atom is 0.345 e. The molecule has 0 N–H and O–H groups in total. The van der Waals surface area contributed by atoms with Gasteiger partial charge in [0, 0.05) is 14.1 Å². The predicted octanol–water partition coefficient (Wildman–Crippen LogP) is 3.43. The van der Waals surface area contributed by atoms with Crippen LogP contribution in [-0.4, -0.2) is 32.8 Å². The number of nitrogens with zero attached hydrogens (tertiary/aromatic N) is 1. The van der Waals surface area contributed by atoms with E-state index in [1.807, 2.05) is 19.9 Å². The zero-order valence-corrected chi connectivity index (χ0v) is 15.4. The van der Waals surface area contributed by atoms with E-state index in [2.05, 4.69) is 0 Å². The van der Waals surface area contributed by atoms with Gasteiger partial charge >= 0.3 is 5.97 Å². The summed E-state index contributed by atoms with van der Waals surface area (Å²) >= 11 is 6.04. The Hall–Kier alpha value is -1.89. The highest BCUT2D eigenvalue weighted by atomic mass is 35.5. The molecule has 24 heavy (non-hydrogen) atoms. The summed E-state index contributed by atoms with van der Waals surface area (Å²) in [5.41, 5.74) is 1.90. The number of rotatable bonds is 4. The van der Waals surface area contributed by atoms with Gasteiger partial charge in [-0.25, -0.2) is 17.5 Å². The first-order chi connectivity index (χ1) is 11.1. The summed E-state index contributed by atoms with van der Waals surface area (Å²) in [7, 11) is -0.841. The number of carbonyl (C=O) groups excluding carboxylic acids is 1. The summed E-state index contributed by atoms with van der Waals surface area (Å²) in [6.45, 7) is 3.78. The molecule has 128 valence electrons. The number of sulfonamides is 1. The Morgan fingerprint density at radius 3 is 2.17 bits per heavy atom. The van der Waals surface area contributed by atoms with Gasteiger partial charge in [-0.2, -0.15) is 0 Å². The highest BCUT2D eigenvalue weighted by Crippen LogP contribution is 2.24. The number of hydrogen-bond acceptors (Lipinski definition) is 4. The fraction of sp³-hybridized carbons (Fsp3) is 0.235. The number of hydrogen-bond donors (Lipinski definition) is 0. The summed E-state index contributed by atoms with van der Waals surface area (Å²) in [6, 6.07) is 9.34. The lowest BCUT2D eigenvalue weighted by atomic mass is 10.1. The molecule has 0 bridgehead atoms. The van der Waals surface area contributed by atoms with E-state index in [1.165, 1.54) is 32.3 Å². The molecule has 0 saturated heterocycles. The van der Waals surface area contributed by atoms with Gasteiger partial charge in [0.05, 0.1) is 15.5 Å². The molecule has 0 amide bonds. The van der Waals surface area contributed by atoms with Gasteiger partial charge in [-0.15, -0.1) is 0 Å².